The zero-order valence-corrected chi connectivity index (χ0v) is 16.4. The van der Waals surface area contributed by atoms with Gasteiger partial charge in [-0.25, -0.2) is 13.2 Å². The maximum Gasteiger partial charge on any atom is 0.414 e. The second kappa shape index (κ2) is 8.33. The molecule has 0 radical (unpaired) electrons. The third-order valence-corrected chi connectivity index (χ3v) is 5.55. The molecule has 3 rings (SSSR count). The number of methoxy groups -OCH3 is 1. The maximum absolute atomic E-state index is 12.5. The Morgan fingerprint density at radius 3 is 2.61 bits per heavy atom. The first-order valence-corrected chi connectivity index (χ1v) is 10.1. The minimum Gasteiger partial charge on any atom is -0.495 e. The van der Waals surface area contributed by atoms with Crippen molar-refractivity contribution in [1.82, 2.24) is 4.72 Å². The number of rotatable bonds is 5. The molecule has 0 bridgehead atoms. The summed E-state index contributed by atoms with van der Waals surface area (Å²) in [5, 5.41) is 0. The Balaban J connectivity index is 1.65. The zero-order valence-electron chi connectivity index (χ0n) is 15.6. The van der Waals surface area contributed by atoms with Gasteiger partial charge in [0, 0.05) is 11.3 Å². The van der Waals surface area contributed by atoms with Crippen LogP contribution >= 0.6 is 0 Å². The van der Waals surface area contributed by atoms with Crippen molar-refractivity contribution in [3.05, 3.63) is 53.6 Å². The highest BCUT2D eigenvalue weighted by Gasteiger charge is 2.23. The molecule has 1 fully saturated rings. The first kappa shape index (κ1) is 19.7. The number of nitrogens with one attached hydrogen (secondary N) is 1. The number of amides is 1. The number of carbonyl (C=O) groups is 1. The first-order valence-electron chi connectivity index (χ1n) is 8.58. The van der Waals surface area contributed by atoms with Crippen molar-refractivity contribution >= 4 is 21.8 Å². The average molecular weight is 400 g/mol. The quantitative estimate of drug-likeness (QED) is 0.779. The zero-order chi connectivity index (χ0) is 20.1. The minimum absolute atomic E-state index is 0.0420. The van der Waals surface area contributed by atoms with Crippen molar-refractivity contribution < 1.29 is 22.7 Å². The number of hydrogen-bond donors (Lipinski definition) is 1. The van der Waals surface area contributed by atoms with Crippen molar-refractivity contribution in [2.24, 2.45) is 0 Å². The SMILES string of the molecule is COc1ccc(C)cc1S(=O)(=O)NCC#Cc1ccc(N2CCOC2=O)cc1. The summed E-state index contributed by atoms with van der Waals surface area (Å²) in [4.78, 5) is 13.2. The Labute approximate surface area is 164 Å². The molecule has 146 valence electrons. The monoisotopic (exact) mass is 400 g/mol. The smallest absolute Gasteiger partial charge is 0.414 e. The number of cyclic esters (lactones) is 1. The highest BCUT2D eigenvalue weighted by Crippen LogP contribution is 2.24. The lowest BCUT2D eigenvalue weighted by Gasteiger charge is -2.12. The van der Waals surface area contributed by atoms with Crippen LogP contribution in [0.15, 0.2) is 47.4 Å². The van der Waals surface area contributed by atoms with E-state index in [9.17, 15) is 13.2 Å². The molecule has 0 aromatic heterocycles. The van der Waals surface area contributed by atoms with Gasteiger partial charge in [-0.05, 0) is 48.9 Å². The Morgan fingerprint density at radius 1 is 1.21 bits per heavy atom. The molecular formula is C20H20N2O5S. The van der Waals surface area contributed by atoms with Crippen LogP contribution in [0.5, 0.6) is 5.75 Å². The summed E-state index contributed by atoms with van der Waals surface area (Å²) in [7, 11) is -2.31. The van der Waals surface area contributed by atoms with E-state index in [1.165, 1.54) is 7.11 Å². The van der Waals surface area contributed by atoms with E-state index < -0.39 is 10.0 Å². The molecule has 0 atom stereocenters. The maximum atomic E-state index is 12.5. The normalized spacial score (nSPS) is 13.6. The van der Waals surface area contributed by atoms with Crippen LogP contribution in [0.2, 0.25) is 0 Å². The van der Waals surface area contributed by atoms with Crippen LogP contribution in [-0.4, -0.2) is 41.3 Å². The van der Waals surface area contributed by atoms with Gasteiger partial charge in [0.1, 0.15) is 17.3 Å². The van der Waals surface area contributed by atoms with E-state index in [4.69, 9.17) is 9.47 Å². The van der Waals surface area contributed by atoms with Crippen molar-refractivity contribution in [3.63, 3.8) is 0 Å². The van der Waals surface area contributed by atoms with Gasteiger partial charge in [-0.1, -0.05) is 17.9 Å². The Bertz CT molecular complexity index is 1040. The summed E-state index contributed by atoms with van der Waals surface area (Å²) in [5.74, 6) is 5.97. The van der Waals surface area contributed by atoms with Crippen molar-refractivity contribution in [1.29, 1.82) is 0 Å². The number of aryl methyl sites for hydroxylation is 1. The van der Waals surface area contributed by atoms with Crippen molar-refractivity contribution in [3.8, 4) is 17.6 Å². The summed E-state index contributed by atoms with van der Waals surface area (Å²) in [5.41, 5.74) is 2.26. The van der Waals surface area contributed by atoms with Crippen LogP contribution in [0, 0.1) is 18.8 Å². The van der Waals surface area contributed by atoms with Gasteiger partial charge < -0.3 is 9.47 Å². The molecule has 1 aliphatic rings. The highest BCUT2D eigenvalue weighted by atomic mass is 32.2. The number of anilines is 1. The molecule has 2 aromatic carbocycles. The summed E-state index contributed by atoms with van der Waals surface area (Å²) in [6.45, 7) is 2.67. The molecule has 8 heteroatoms. The minimum atomic E-state index is -3.74. The fourth-order valence-electron chi connectivity index (χ4n) is 2.70. The number of benzene rings is 2. The second-order valence-corrected chi connectivity index (χ2v) is 7.83. The molecule has 1 amide bonds. The van der Waals surface area contributed by atoms with E-state index in [-0.39, 0.29) is 23.3 Å². The summed E-state index contributed by atoms with van der Waals surface area (Å²) in [6.07, 6.45) is -0.361. The van der Waals surface area contributed by atoms with Gasteiger partial charge in [0.2, 0.25) is 10.0 Å². The molecule has 1 N–H and O–H groups in total. The van der Waals surface area contributed by atoms with Gasteiger partial charge in [0.05, 0.1) is 20.2 Å². The lowest BCUT2D eigenvalue weighted by molar-refractivity contribution is 0.181. The van der Waals surface area contributed by atoms with Crippen molar-refractivity contribution in [2.75, 3.05) is 31.7 Å². The molecule has 0 aliphatic carbocycles. The summed E-state index contributed by atoms with van der Waals surface area (Å²) < 4.78 is 37.5. The van der Waals surface area contributed by atoms with Gasteiger partial charge >= 0.3 is 6.09 Å². The predicted octanol–water partition coefficient (Wildman–Crippen LogP) is 2.29. The third kappa shape index (κ3) is 4.44. The number of hydrogen-bond acceptors (Lipinski definition) is 5. The second-order valence-electron chi connectivity index (χ2n) is 6.09. The van der Waals surface area contributed by atoms with Crippen molar-refractivity contribution in [2.45, 2.75) is 11.8 Å². The number of ether oxygens (including phenoxy) is 2. The molecular weight excluding hydrogens is 380 g/mol. The van der Waals surface area contributed by atoms with E-state index in [2.05, 4.69) is 16.6 Å². The first-order chi connectivity index (χ1) is 13.4. The van der Waals surface area contributed by atoms with Crippen LogP contribution in [0.4, 0.5) is 10.5 Å². The Hall–Kier alpha value is -3.02. The van der Waals surface area contributed by atoms with E-state index in [0.29, 0.717) is 18.7 Å². The molecule has 1 heterocycles. The van der Waals surface area contributed by atoms with Crippen LogP contribution in [0.25, 0.3) is 0 Å². The van der Waals surface area contributed by atoms with Crippen LogP contribution < -0.4 is 14.4 Å². The highest BCUT2D eigenvalue weighted by molar-refractivity contribution is 7.89. The van der Waals surface area contributed by atoms with E-state index >= 15 is 0 Å². The molecule has 0 spiro atoms. The molecule has 7 nitrogen and oxygen atoms in total. The van der Waals surface area contributed by atoms with Gasteiger partial charge in [-0.3, -0.25) is 4.90 Å². The van der Waals surface area contributed by atoms with Gasteiger partial charge in [-0.2, -0.15) is 4.72 Å². The van der Waals surface area contributed by atoms with E-state index in [0.717, 1.165) is 11.3 Å². The van der Waals surface area contributed by atoms with Gasteiger partial charge in [0.15, 0.2) is 0 Å². The number of carbonyl (C=O) groups excluding carboxylic acids is 1. The molecule has 28 heavy (non-hydrogen) atoms. The lowest BCUT2D eigenvalue weighted by Crippen LogP contribution is -2.24. The van der Waals surface area contributed by atoms with Crippen LogP contribution in [0.3, 0.4) is 0 Å². The average Bonchev–Trinajstić information content (AvgIpc) is 3.11. The van der Waals surface area contributed by atoms with Crippen LogP contribution in [0.1, 0.15) is 11.1 Å². The van der Waals surface area contributed by atoms with Gasteiger partial charge in [-0.15, -0.1) is 0 Å². The third-order valence-electron chi connectivity index (χ3n) is 4.13. The lowest BCUT2D eigenvalue weighted by atomic mass is 10.2. The molecule has 1 saturated heterocycles. The standard InChI is InChI=1S/C20H20N2O5S/c1-15-5-10-18(26-2)19(14-15)28(24,25)21-11-3-4-16-6-8-17(9-7-16)22-12-13-27-20(22)23/h5-10,14,21H,11-13H2,1-2H3. The van der Waals surface area contributed by atoms with Gasteiger partial charge in [0.25, 0.3) is 0 Å². The predicted molar refractivity (Wildman–Crippen MR) is 105 cm³/mol. The summed E-state index contributed by atoms with van der Waals surface area (Å²) >= 11 is 0. The largest absolute Gasteiger partial charge is 0.495 e. The fourth-order valence-corrected chi connectivity index (χ4v) is 3.88. The van der Waals surface area contributed by atoms with Crippen LogP contribution in [-0.2, 0) is 14.8 Å². The van der Waals surface area contributed by atoms with E-state index in [1.807, 2.05) is 6.92 Å². The Morgan fingerprint density at radius 2 is 1.96 bits per heavy atom. The molecule has 0 saturated carbocycles. The van der Waals surface area contributed by atoms with E-state index in [1.54, 1.807) is 47.4 Å². The fraction of sp³-hybridized carbons (Fsp3) is 0.250. The number of sulfonamides is 1. The topological polar surface area (TPSA) is 84.9 Å². The molecule has 0 unspecified atom stereocenters. The summed E-state index contributed by atoms with van der Waals surface area (Å²) in [6, 6.07) is 12.0. The molecule has 2 aromatic rings. The number of nitrogens with zero attached hydrogens (tertiary/aromatic N) is 1. The molecule has 1 aliphatic heterocycles. The Kier molecular flexibility index (Phi) is 5.87.